The maximum atomic E-state index is 12.7. The van der Waals surface area contributed by atoms with E-state index in [9.17, 15) is 19.3 Å². The standard InChI is InChI=1S/C17H18FN3O4/c18-13-4-6-14(7-5-13)25-10-2-1-9-20-17(22)12-3-8-15(19)16(11-12)21(23)24/h3-8,11H,1-2,9-10,19H2,(H,20,22). The number of hydrogen-bond donors (Lipinski definition) is 2. The van der Waals surface area contributed by atoms with Gasteiger partial charge in [0.25, 0.3) is 11.6 Å². The number of ether oxygens (including phenoxy) is 1. The van der Waals surface area contributed by atoms with Gasteiger partial charge in [-0.05, 0) is 49.2 Å². The molecule has 2 aromatic rings. The molecule has 0 saturated heterocycles. The summed E-state index contributed by atoms with van der Waals surface area (Å²) in [4.78, 5) is 22.2. The molecule has 0 radical (unpaired) electrons. The minimum absolute atomic E-state index is 0.0134. The molecule has 0 atom stereocenters. The van der Waals surface area contributed by atoms with Crippen molar-refractivity contribution < 1.29 is 18.8 Å². The van der Waals surface area contributed by atoms with Gasteiger partial charge in [0.05, 0.1) is 11.5 Å². The zero-order valence-corrected chi connectivity index (χ0v) is 13.4. The molecule has 0 aliphatic rings. The van der Waals surface area contributed by atoms with E-state index in [1.165, 1.54) is 24.3 Å². The third kappa shape index (κ3) is 5.45. The fraction of sp³-hybridized carbons (Fsp3) is 0.235. The van der Waals surface area contributed by atoms with E-state index in [2.05, 4.69) is 5.32 Å². The van der Waals surface area contributed by atoms with Crippen molar-refractivity contribution >= 4 is 17.3 Å². The molecular formula is C17H18FN3O4. The van der Waals surface area contributed by atoms with Crippen LogP contribution in [0.3, 0.4) is 0 Å². The number of nitrogen functional groups attached to an aromatic ring is 1. The molecule has 8 heteroatoms. The topological polar surface area (TPSA) is 107 Å². The second kappa shape index (κ2) is 8.62. The number of benzene rings is 2. The van der Waals surface area contributed by atoms with Gasteiger partial charge in [-0.2, -0.15) is 0 Å². The SMILES string of the molecule is Nc1ccc(C(=O)NCCCCOc2ccc(F)cc2)cc1[N+](=O)[O-]. The van der Waals surface area contributed by atoms with Crippen molar-refractivity contribution in [3.05, 3.63) is 64.0 Å². The summed E-state index contributed by atoms with van der Waals surface area (Å²) in [6.07, 6.45) is 1.36. The van der Waals surface area contributed by atoms with Crippen LogP contribution < -0.4 is 15.8 Å². The molecule has 25 heavy (non-hydrogen) atoms. The maximum absolute atomic E-state index is 12.7. The molecule has 132 valence electrons. The Kier molecular flexibility index (Phi) is 6.27. The number of nitro groups is 1. The summed E-state index contributed by atoms with van der Waals surface area (Å²) < 4.78 is 18.2. The van der Waals surface area contributed by atoms with Crippen LogP contribution >= 0.6 is 0 Å². The van der Waals surface area contributed by atoms with E-state index in [1.807, 2.05) is 0 Å². The molecule has 1 amide bonds. The van der Waals surface area contributed by atoms with Crippen LogP contribution in [0, 0.1) is 15.9 Å². The average Bonchev–Trinajstić information content (AvgIpc) is 2.59. The lowest BCUT2D eigenvalue weighted by Gasteiger charge is -2.07. The van der Waals surface area contributed by atoms with Crippen molar-refractivity contribution in [2.24, 2.45) is 0 Å². The molecule has 0 fully saturated rings. The number of nitro benzene ring substituents is 1. The van der Waals surface area contributed by atoms with Gasteiger partial charge in [0, 0.05) is 18.2 Å². The average molecular weight is 347 g/mol. The number of nitrogens with zero attached hydrogens (tertiary/aromatic N) is 1. The van der Waals surface area contributed by atoms with E-state index in [0.29, 0.717) is 31.7 Å². The van der Waals surface area contributed by atoms with E-state index in [4.69, 9.17) is 10.5 Å². The molecule has 3 N–H and O–H groups in total. The smallest absolute Gasteiger partial charge is 0.292 e. The predicted octanol–water partition coefficient (Wildman–Crippen LogP) is 2.91. The Labute approximate surface area is 143 Å². The summed E-state index contributed by atoms with van der Waals surface area (Å²) in [7, 11) is 0. The van der Waals surface area contributed by atoms with Crippen LogP contribution in [-0.4, -0.2) is 24.0 Å². The summed E-state index contributed by atoms with van der Waals surface area (Å²) in [5.74, 6) is -0.139. The lowest BCUT2D eigenvalue weighted by Crippen LogP contribution is -2.24. The highest BCUT2D eigenvalue weighted by atomic mass is 19.1. The number of halogens is 1. The molecule has 7 nitrogen and oxygen atoms in total. The molecule has 2 rings (SSSR count). The minimum Gasteiger partial charge on any atom is -0.494 e. The lowest BCUT2D eigenvalue weighted by molar-refractivity contribution is -0.383. The largest absolute Gasteiger partial charge is 0.494 e. The Morgan fingerprint density at radius 1 is 1.20 bits per heavy atom. The van der Waals surface area contributed by atoms with Crippen LogP contribution in [0.1, 0.15) is 23.2 Å². The van der Waals surface area contributed by atoms with Crippen LogP contribution in [0.4, 0.5) is 15.8 Å². The molecule has 0 aromatic heterocycles. The first-order chi connectivity index (χ1) is 12.0. The first-order valence-electron chi connectivity index (χ1n) is 7.68. The first kappa shape index (κ1) is 18.2. The molecule has 0 bridgehead atoms. The third-order valence-electron chi connectivity index (χ3n) is 3.43. The number of carbonyl (C=O) groups excluding carboxylic acids is 1. The van der Waals surface area contributed by atoms with Gasteiger partial charge in [-0.25, -0.2) is 4.39 Å². The van der Waals surface area contributed by atoms with Gasteiger partial charge in [-0.3, -0.25) is 14.9 Å². The Bertz CT molecular complexity index is 750. The predicted molar refractivity (Wildman–Crippen MR) is 91.0 cm³/mol. The number of unbranched alkanes of at least 4 members (excludes halogenated alkanes) is 1. The van der Waals surface area contributed by atoms with E-state index in [-0.39, 0.29) is 22.8 Å². The molecule has 0 aliphatic carbocycles. The molecule has 0 unspecified atom stereocenters. The van der Waals surface area contributed by atoms with Crippen molar-refractivity contribution in [1.82, 2.24) is 5.32 Å². The van der Waals surface area contributed by atoms with Gasteiger partial charge in [-0.1, -0.05) is 0 Å². The van der Waals surface area contributed by atoms with Crippen LogP contribution in [0.15, 0.2) is 42.5 Å². The summed E-state index contributed by atoms with van der Waals surface area (Å²) in [5.41, 5.74) is 5.40. The number of rotatable bonds is 8. The Morgan fingerprint density at radius 3 is 2.60 bits per heavy atom. The van der Waals surface area contributed by atoms with E-state index < -0.39 is 10.8 Å². The molecule has 0 heterocycles. The Hall–Kier alpha value is -3.16. The van der Waals surface area contributed by atoms with Crippen molar-refractivity contribution in [2.75, 3.05) is 18.9 Å². The Morgan fingerprint density at radius 2 is 1.92 bits per heavy atom. The molecule has 0 aliphatic heterocycles. The summed E-state index contributed by atoms with van der Waals surface area (Å²) in [6, 6.07) is 9.67. The summed E-state index contributed by atoms with van der Waals surface area (Å²) in [5, 5.41) is 13.5. The minimum atomic E-state index is -0.626. The zero-order chi connectivity index (χ0) is 18.2. The monoisotopic (exact) mass is 347 g/mol. The fourth-order valence-electron chi connectivity index (χ4n) is 2.09. The van der Waals surface area contributed by atoms with Gasteiger partial charge < -0.3 is 15.8 Å². The van der Waals surface area contributed by atoms with Crippen LogP contribution in [0.5, 0.6) is 5.75 Å². The van der Waals surface area contributed by atoms with Gasteiger partial charge in [-0.15, -0.1) is 0 Å². The Balaban J connectivity index is 1.71. The summed E-state index contributed by atoms with van der Waals surface area (Å²) in [6.45, 7) is 0.846. The quantitative estimate of drug-likeness (QED) is 0.330. The number of nitrogens with one attached hydrogen (secondary N) is 1. The lowest BCUT2D eigenvalue weighted by atomic mass is 10.1. The second-order valence-electron chi connectivity index (χ2n) is 5.30. The molecular weight excluding hydrogens is 329 g/mol. The van der Waals surface area contributed by atoms with Crippen LogP contribution in [-0.2, 0) is 0 Å². The molecule has 2 aromatic carbocycles. The van der Waals surface area contributed by atoms with E-state index in [1.54, 1.807) is 12.1 Å². The zero-order valence-electron chi connectivity index (χ0n) is 13.4. The van der Waals surface area contributed by atoms with Gasteiger partial charge in [0.15, 0.2) is 0 Å². The second-order valence-corrected chi connectivity index (χ2v) is 5.30. The third-order valence-corrected chi connectivity index (χ3v) is 3.43. The first-order valence-corrected chi connectivity index (χ1v) is 7.68. The number of hydrogen-bond acceptors (Lipinski definition) is 5. The highest BCUT2D eigenvalue weighted by Crippen LogP contribution is 2.22. The highest BCUT2D eigenvalue weighted by molar-refractivity contribution is 5.95. The van der Waals surface area contributed by atoms with Gasteiger partial charge in [0.1, 0.15) is 17.3 Å². The highest BCUT2D eigenvalue weighted by Gasteiger charge is 2.15. The van der Waals surface area contributed by atoms with E-state index in [0.717, 1.165) is 6.07 Å². The maximum Gasteiger partial charge on any atom is 0.292 e. The normalized spacial score (nSPS) is 10.3. The number of carbonyl (C=O) groups is 1. The number of nitrogens with two attached hydrogens (primary N) is 1. The summed E-state index contributed by atoms with van der Waals surface area (Å²) >= 11 is 0. The van der Waals surface area contributed by atoms with Crippen molar-refractivity contribution in [3.8, 4) is 5.75 Å². The molecule has 0 spiro atoms. The van der Waals surface area contributed by atoms with Crippen molar-refractivity contribution in [2.45, 2.75) is 12.8 Å². The van der Waals surface area contributed by atoms with Crippen LogP contribution in [0.25, 0.3) is 0 Å². The van der Waals surface area contributed by atoms with Gasteiger partial charge in [0.2, 0.25) is 0 Å². The van der Waals surface area contributed by atoms with Crippen molar-refractivity contribution in [3.63, 3.8) is 0 Å². The fourth-order valence-corrected chi connectivity index (χ4v) is 2.09. The number of anilines is 1. The van der Waals surface area contributed by atoms with Gasteiger partial charge >= 0.3 is 0 Å². The van der Waals surface area contributed by atoms with Crippen molar-refractivity contribution in [1.29, 1.82) is 0 Å². The number of amides is 1. The van der Waals surface area contributed by atoms with Crippen LogP contribution in [0.2, 0.25) is 0 Å². The van der Waals surface area contributed by atoms with E-state index >= 15 is 0 Å². The molecule has 0 saturated carbocycles.